The predicted octanol–water partition coefficient (Wildman–Crippen LogP) is 1.45. The number of nitrogens with one attached hydrogen (secondary N) is 2. The van der Waals surface area contributed by atoms with Gasteiger partial charge in [0.1, 0.15) is 5.69 Å². The lowest BCUT2D eigenvalue weighted by Crippen LogP contribution is -2.43. The molecule has 3 aromatic rings. The first-order valence-electron chi connectivity index (χ1n) is 7.29. The fraction of sp³-hybridized carbons (Fsp3) is 0.0588. The Morgan fingerprint density at radius 2 is 1.84 bits per heavy atom. The molecule has 2 heterocycles. The van der Waals surface area contributed by atoms with Crippen LogP contribution in [-0.4, -0.2) is 29.4 Å². The van der Waals surface area contributed by atoms with Crippen LogP contribution in [-0.2, 0) is 9.53 Å². The first-order chi connectivity index (χ1) is 12.1. The highest BCUT2D eigenvalue weighted by Crippen LogP contribution is 2.12. The Morgan fingerprint density at radius 3 is 2.64 bits per heavy atom. The molecule has 0 bridgehead atoms. The number of para-hydroxylation sites is 1. The van der Waals surface area contributed by atoms with Gasteiger partial charge < -0.3 is 9.15 Å². The first kappa shape index (κ1) is 16.2. The van der Waals surface area contributed by atoms with Crippen molar-refractivity contribution in [3.63, 3.8) is 0 Å². The van der Waals surface area contributed by atoms with Crippen LogP contribution in [0.2, 0.25) is 0 Å². The van der Waals surface area contributed by atoms with Crippen molar-refractivity contribution >= 4 is 28.7 Å². The molecule has 0 aliphatic carbocycles. The highest BCUT2D eigenvalue weighted by atomic mass is 16.5. The predicted molar refractivity (Wildman–Crippen MR) is 86.3 cm³/mol. The summed E-state index contributed by atoms with van der Waals surface area (Å²) in [5, 5.41) is 0.887. The van der Waals surface area contributed by atoms with Gasteiger partial charge in [0.2, 0.25) is 0 Å². The molecule has 0 fully saturated rings. The van der Waals surface area contributed by atoms with Gasteiger partial charge in [0.15, 0.2) is 12.4 Å². The van der Waals surface area contributed by atoms with Crippen LogP contribution in [0, 0.1) is 0 Å². The van der Waals surface area contributed by atoms with E-state index in [4.69, 9.17) is 9.15 Å². The summed E-state index contributed by atoms with van der Waals surface area (Å²) in [4.78, 5) is 39.3. The van der Waals surface area contributed by atoms with E-state index in [0.717, 1.165) is 5.39 Å². The number of hydrazine groups is 1. The molecule has 3 rings (SSSR count). The fourth-order valence-corrected chi connectivity index (χ4v) is 2.02. The zero-order valence-corrected chi connectivity index (χ0v) is 12.9. The summed E-state index contributed by atoms with van der Waals surface area (Å²) in [5.74, 6) is -2.02. The van der Waals surface area contributed by atoms with E-state index in [9.17, 15) is 14.4 Å². The summed E-state index contributed by atoms with van der Waals surface area (Å²) in [5.41, 5.74) is 4.98. The quantitative estimate of drug-likeness (QED) is 0.550. The molecular weight excluding hydrogens is 326 g/mol. The molecule has 2 aromatic heterocycles. The second-order valence-corrected chi connectivity index (χ2v) is 4.94. The van der Waals surface area contributed by atoms with Gasteiger partial charge in [-0.1, -0.05) is 24.3 Å². The molecule has 0 saturated carbocycles. The van der Waals surface area contributed by atoms with Gasteiger partial charge in [0.05, 0.1) is 11.8 Å². The number of carbonyl (C=O) groups excluding carboxylic acids is 3. The molecule has 0 unspecified atom stereocenters. The Labute approximate surface area is 141 Å². The topological polar surface area (TPSA) is 111 Å². The molecule has 1 aromatic carbocycles. The van der Waals surface area contributed by atoms with Gasteiger partial charge in [-0.05, 0) is 24.3 Å². The van der Waals surface area contributed by atoms with E-state index >= 15 is 0 Å². The van der Waals surface area contributed by atoms with E-state index in [1.54, 1.807) is 18.2 Å². The first-order valence-corrected chi connectivity index (χ1v) is 7.29. The average Bonchev–Trinajstić information content (AvgIpc) is 3.18. The van der Waals surface area contributed by atoms with Crippen LogP contribution in [0.4, 0.5) is 0 Å². The van der Waals surface area contributed by atoms with Crippen molar-refractivity contribution in [1.82, 2.24) is 15.8 Å². The van der Waals surface area contributed by atoms with Gasteiger partial charge in [-0.3, -0.25) is 20.4 Å². The molecule has 8 heteroatoms. The number of fused-ring (bicyclic) bond motifs is 1. The van der Waals surface area contributed by atoms with Gasteiger partial charge in [0.25, 0.3) is 5.91 Å². The number of rotatable bonds is 4. The normalized spacial score (nSPS) is 10.2. The minimum Gasteiger partial charge on any atom is -0.459 e. The van der Waals surface area contributed by atoms with Crippen LogP contribution < -0.4 is 10.9 Å². The van der Waals surface area contributed by atoms with Gasteiger partial charge >= 0.3 is 11.9 Å². The Kier molecular flexibility index (Phi) is 4.70. The number of esters is 1. The number of pyridine rings is 1. The number of aromatic nitrogens is 1. The summed E-state index contributed by atoms with van der Waals surface area (Å²) in [6.07, 6.45) is 1.33. The second-order valence-electron chi connectivity index (χ2n) is 4.94. The van der Waals surface area contributed by atoms with Crippen LogP contribution in [0.25, 0.3) is 10.9 Å². The van der Waals surface area contributed by atoms with Crippen LogP contribution in [0.5, 0.6) is 0 Å². The Balaban J connectivity index is 1.50. The standard InChI is InChI=1S/C17H13N3O5/c21-15(19-20-16(22)14-6-3-9-24-14)10-25-17(23)13-8-7-11-4-1-2-5-12(11)18-13/h1-9H,10H2,(H,19,21)(H,20,22). The summed E-state index contributed by atoms with van der Waals surface area (Å²) in [7, 11) is 0. The number of nitrogens with zero attached hydrogens (tertiary/aromatic N) is 1. The second kappa shape index (κ2) is 7.26. The van der Waals surface area contributed by atoms with E-state index in [-0.39, 0.29) is 11.5 Å². The van der Waals surface area contributed by atoms with Crippen molar-refractivity contribution in [1.29, 1.82) is 0 Å². The minimum atomic E-state index is -0.738. The average molecular weight is 339 g/mol. The third-order valence-corrected chi connectivity index (χ3v) is 3.20. The van der Waals surface area contributed by atoms with Crippen molar-refractivity contribution in [3.8, 4) is 0 Å². The van der Waals surface area contributed by atoms with E-state index in [1.807, 2.05) is 12.1 Å². The molecule has 0 aliphatic heterocycles. The summed E-state index contributed by atoms with van der Waals surface area (Å²) < 4.78 is 9.74. The van der Waals surface area contributed by atoms with Crippen LogP contribution >= 0.6 is 0 Å². The van der Waals surface area contributed by atoms with Crippen molar-refractivity contribution in [3.05, 3.63) is 66.2 Å². The van der Waals surface area contributed by atoms with Gasteiger partial charge in [-0.15, -0.1) is 0 Å². The fourth-order valence-electron chi connectivity index (χ4n) is 2.02. The largest absolute Gasteiger partial charge is 0.459 e. The zero-order chi connectivity index (χ0) is 17.6. The maximum atomic E-state index is 12.0. The molecule has 2 N–H and O–H groups in total. The number of benzene rings is 1. The monoisotopic (exact) mass is 339 g/mol. The highest BCUT2D eigenvalue weighted by Gasteiger charge is 2.13. The number of ether oxygens (including phenoxy) is 1. The molecule has 0 atom stereocenters. The van der Waals surface area contributed by atoms with E-state index in [2.05, 4.69) is 15.8 Å². The minimum absolute atomic E-state index is 0.0395. The van der Waals surface area contributed by atoms with Crippen LogP contribution in [0.1, 0.15) is 21.0 Å². The number of hydrogen-bond donors (Lipinski definition) is 2. The van der Waals surface area contributed by atoms with Gasteiger partial charge in [-0.25, -0.2) is 9.78 Å². The molecule has 0 aliphatic rings. The third kappa shape index (κ3) is 3.99. The third-order valence-electron chi connectivity index (χ3n) is 3.20. The molecule has 25 heavy (non-hydrogen) atoms. The summed E-state index contributed by atoms with van der Waals surface area (Å²) in [6, 6.07) is 13.5. The van der Waals surface area contributed by atoms with Crippen LogP contribution in [0.15, 0.2) is 59.2 Å². The molecule has 8 nitrogen and oxygen atoms in total. The van der Waals surface area contributed by atoms with Crippen LogP contribution in [0.3, 0.4) is 0 Å². The smallest absolute Gasteiger partial charge is 0.357 e. The highest BCUT2D eigenvalue weighted by molar-refractivity contribution is 5.94. The van der Waals surface area contributed by atoms with E-state index < -0.39 is 24.4 Å². The maximum absolute atomic E-state index is 12.0. The molecular formula is C17H13N3O5. The Hall–Kier alpha value is -3.68. The molecule has 0 saturated heterocycles. The SMILES string of the molecule is O=C(COC(=O)c1ccc2ccccc2n1)NNC(=O)c1ccco1. The van der Waals surface area contributed by atoms with Gasteiger partial charge in [-0.2, -0.15) is 0 Å². The van der Waals surface area contributed by atoms with Crippen molar-refractivity contribution in [2.24, 2.45) is 0 Å². The molecule has 0 spiro atoms. The molecule has 2 amide bonds. The summed E-state index contributed by atoms with van der Waals surface area (Å²) in [6.45, 7) is -0.564. The van der Waals surface area contributed by atoms with Crippen molar-refractivity contribution in [2.45, 2.75) is 0 Å². The Morgan fingerprint density at radius 1 is 1.00 bits per heavy atom. The number of furan rings is 1. The van der Waals surface area contributed by atoms with Crippen molar-refractivity contribution in [2.75, 3.05) is 6.61 Å². The number of hydrogen-bond acceptors (Lipinski definition) is 6. The summed E-state index contributed by atoms with van der Waals surface area (Å²) >= 11 is 0. The lowest BCUT2D eigenvalue weighted by molar-refractivity contribution is -0.125. The Bertz CT molecular complexity index is 921. The van der Waals surface area contributed by atoms with Crippen molar-refractivity contribution < 1.29 is 23.5 Å². The molecule has 126 valence electrons. The van der Waals surface area contributed by atoms with E-state index in [1.165, 1.54) is 24.5 Å². The number of amides is 2. The lowest BCUT2D eigenvalue weighted by atomic mass is 10.2. The zero-order valence-electron chi connectivity index (χ0n) is 12.9. The maximum Gasteiger partial charge on any atom is 0.357 e. The molecule has 0 radical (unpaired) electrons. The van der Waals surface area contributed by atoms with Gasteiger partial charge in [0, 0.05) is 5.39 Å². The lowest BCUT2D eigenvalue weighted by Gasteiger charge is -2.07. The number of carbonyl (C=O) groups is 3. The van der Waals surface area contributed by atoms with E-state index in [0.29, 0.717) is 5.52 Å².